The second-order valence-electron chi connectivity index (χ2n) is 5.12. The summed E-state index contributed by atoms with van der Waals surface area (Å²) in [7, 11) is 0. The van der Waals surface area contributed by atoms with E-state index in [0.717, 1.165) is 16.3 Å². The summed E-state index contributed by atoms with van der Waals surface area (Å²) in [6, 6.07) is 17.6. The molecule has 2 aromatic rings. The highest BCUT2D eigenvalue weighted by Crippen LogP contribution is 2.28. The molecule has 0 saturated carbocycles. The molecule has 0 N–H and O–H groups in total. The Labute approximate surface area is 138 Å². The number of rotatable bonds is 5. The Hall–Kier alpha value is -0.800. The van der Waals surface area contributed by atoms with Gasteiger partial charge in [0, 0.05) is 28.1 Å². The molecule has 0 heterocycles. The summed E-state index contributed by atoms with van der Waals surface area (Å²) in [5, 5.41) is 0.869. The predicted octanol–water partition coefficient (Wildman–Crippen LogP) is 5.76. The van der Waals surface area contributed by atoms with Gasteiger partial charge in [-0.2, -0.15) is 0 Å². The van der Waals surface area contributed by atoms with Crippen molar-refractivity contribution in [2.75, 3.05) is 4.90 Å². The summed E-state index contributed by atoms with van der Waals surface area (Å²) in [4.78, 5) is 2.41. The zero-order valence-electron chi connectivity index (χ0n) is 11.8. The first-order valence-electron chi connectivity index (χ1n) is 6.76. The zero-order valence-corrected chi connectivity index (χ0v) is 15.0. The molecule has 0 unspecified atom stereocenters. The van der Waals surface area contributed by atoms with E-state index < -0.39 is 0 Å². The van der Waals surface area contributed by atoms with E-state index in [1.807, 2.05) is 0 Å². The maximum absolute atomic E-state index is 3.65. The molecule has 0 aliphatic carbocycles. The van der Waals surface area contributed by atoms with E-state index in [0.29, 0.717) is 6.04 Å². The van der Waals surface area contributed by atoms with Crippen molar-refractivity contribution in [2.24, 2.45) is 0 Å². The van der Waals surface area contributed by atoms with Crippen LogP contribution in [-0.4, -0.2) is 6.04 Å². The molecule has 0 saturated heterocycles. The maximum Gasteiger partial charge on any atom is 0.0432 e. The van der Waals surface area contributed by atoms with Crippen molar-refractivity contribution < 1.29 is 0 Å². The fourth-order valence-electron chi connectivity index (χ4n) is 2.18. The first-order valence-corrected chi connectivity index (χ1v) is 8.68. The maximum atomic E-state index is 3.65. The first kappa shape index (κ1) is 15.6. The molecule has 0 fully saturated rings. The van der Waals surface area contributed by atoms with Crippen LogP contribution < -0.4 is 4.90 Å². The van der Waals surface area contributed by atoms with Gasteiger partial charge in [0.2, 0.25) is 0 Å². The lowest BCUT2D eigenvalue weighted by Gasteiger charge is -2.29. The lowest BCUT2D eigenvalue weighted by molar-refractivity contribution is 0.682. The van der Waals surface area contributed by atoms with Crippen molar-refractivity contribution in [3.63, 3.8) is 0 Å². The van der Waals surface area contributed by atoms with Gasteiger partial charge in [0.1, 0.15) is 0 Å². The van der Waals surface area contributed by atoms with Crippen molar-refractivity contribution in [2.45, 2.75) is 31.8 Å². The molecule has 0 aromatic heterocycles. The van der Waals surface area contributed by atoms with Gasteiger partial charge in [0.05, 0.1) is 0 Å². The van der Waals surface area contributed by atoms with Crippen LogP contribution in [0.4, 0.5) is 5.69 Å². The third-order valence-electron chi connectivity index (χ3n) is 3.33. The van der Waals surface area contributed by atoms with Gasteiger partial charge in [-0.1, -0.05) is 68.3 Å². The Morgan fingerprint density at radius 3 is 2.30 bits per heavy atom. The number of halogens is 2. The van der Waals surface area contributed by atoms with Crippen LogP contribution in [-0.2, 0) is 11.9 Å². The summed E-state index contributed by atoms with van der Waals surface area (Å²) in [5.74, 6) is 0. The second kappa shape index (κ2) is 7.28. The summed E-state index contributed by atoms with van der Waals surface area (Å²) >= 11 is 7.16. The molecular formula is C17H19Br2N. The van der Waals surface area contributed by atoms with E-state index in [-0.39, 0.29) is 0 Å². The van der Waals surface area contributed by atoms with Crippen LogP contribution in [0, 0.1) is 0 Å². The highest BCUT2D eigenvalue weighted by molar-refractivity contribution is 9.10. The summed E-state index contributed by atoms with van der Waals surface area (Å²) in [6.45, 7) is 5.39. The lowest BCUT2D eigenvalue weighted by Crippen LogP contribution is -2.30. The van der Waals surface area contributed by atoms with Crippen LogP contribution in [0.15, 0.2) is 53.0 Å². The van der Waals surface area contributed by atoms with Crippen molar-refractivity contribution in [1.82, 2.24) is 0 Å². The standard InChI is InChI=1S/C17H19Br2N/c1-13(2)20(12-14-6-4-3-5-7-14)16-9-8-15(11-18)17(19)10-16/h3-10,13H,11-12H2,1-2H3. The second-order valence-corrected chi connectivity index (χ2v) is 6.53. The minimum absolute atomic E-state index is 0.455. The monoisotopic (exact) mass is 395 g/mol. The topological polar surface area (TPSA) is 3.24 Å². The van der Waals surface area contributed by atoms with Crippen molar-refractivity contribution in [1.29, 1.82) is 0 Å². The first-order chi connectivity index (χ1) is 9.61. The van der Waals surface area contributed by atoms with Gasteiger partial charge < -0.3 is 4.90 Å². The Balaban J connectivity index is 2.27. The van der Waals surface area contributed by atoms with E-state index in [1.54, 1.807) is 0 Å². The number of benzene rings is 2. The fraction of sp³-hybridized carbons (Fsp3) is 0.294. The molecule has 3 heteroatoms. The molecule has 0 aliphatic rings. The van der Waals surface area contributed by atoms with Crippen molar-refractivity contribution in [3.05, 3.63) is 64.1 Å². The minimum atomic E-state index is 0.455. The molecule has 2 rings (SSSR count). The molecule has 0 aliphatic heterocycles. The normalized spacial score (nSPS) is 10.8. The summed E-state index contributed by atoms with van der Waals surface area (Å²) < 4.78 is 1.16. The third kappa shape index (κ3) is 3.86. The number of hydrogen-bond donors (Lipinski definition) is 0. The highest BCUT2D eigenvalue weighted by Gasteiger charge is 2.12. The van der Waals surface area contributed by atoms with Crippen LogP contribution in [0.2, 0.25) is 0 Å². The number of hydrogen-bond acceptors (Lipinski definition) is 1. The molecule has 0 radical (unpaired) electrons. The van der Waals surface area contributed by atoms with Crippen LogP contribution in [0.1, 0.15) is 25.0 Å². The molecule has 0 bridgehead atoms. The molecule has 1 nitrogen and oxygen atoms in total. The zero-order chi connectivity index (χ0) is 14.5. The molecule has 0 spiro atoms. The number of alkyl halides is 1. The lowest BCUT2D eigenvalue weighted by atomic mass is 10.1. The number of anilines is 1. The fourth-order valence-corrected chi connectivity index (χ4v) is 3.55. The Morgan fingerprint density at radius 2 is 1.75 bits per heavy atom. The van der Waals surface area contributed by atoms with Crippen molar-refractivity contribution >= 4 is 37.5 Å². The molecule has 20 heavy (non-hydrogen) atoms. The Bertz CT molecular complexity index is 552. The third-order valence-corrected chi connectivity index (χ3v) is 4.67. The summed E-state index contributed by atoms with van der Waals surface area (Å²) in [5.41, 5.74) is 3.86. The van der Waals surface area contributed by atoms with Gasteiger partial charge in [0.15, 0.2) is 0 Å². The van der Waals surface area contributed by atoms with Gasteiger partial charge in [0.25, 0.3) is 0 Å². The van der Waals surface area contributed by atoms with Crippen LogP contribution in [0.5, 0.6) is 0 Å². The van der Waals surface area contributed by atoms with E-state index >= 15 is 0 Å². The van der Waals surface area contributed by atoms with E-state index in [2.05, 4.69) is 99.1 Å². The molecule has 106 valence electrons. The Kier molecular flexibility index (Phi) is 5.67. The average Bonchev–Trinajstić information content (AvgIpc) is 2.45. The van der Waals surface area contributed by atoms with Crippen LogP contribution in [0.3, 0.4) is 0 Å². The Morgan fingerprint density at radius 1 is 1.05 bits per heavy atom. The van der Waals surface area contributed by atoms with Gasteiger partial charge >= 0.3 is 0 Å². The van der Waals surface area contributed by atoms with Crippen LogP contribution in [0.25, 0.3) is 0 Å². The highest BCUT2D eigenvalue weighted by atomic mass is 79.9. The predicted molar refractivity (Wildman–Crippen MR) is 94.5 cm³/mol. The van der Waals surface area contributed by atoms with Gasteiger partial charge in [-0.25, -0.2) is 0 Å². The largest absolute Gasteiger partial charge is 0.365 e. The minimum Gasteiger partial charge on any atom is -0.365 e. The number of nitrogens with zero attached hydrogens (tertiary/aromatic N) is 1. The smallest absolute Gasteiger partial charge is 0.0432 e. The quantitative estimate of drug-likeness (QED) is 0.580. The van der Waals surface area contributed by atoms with E-state index in [9.17, 15) is 0 Å². The molecular weight excluding hydrogens is 378 g/mol. The average molecular weight is 397 g/mol. The van der Waals surface area contributed by atoms with E-state index in [4.69, 9.17) is 0 Å². The van der Waals surface area contributed by atoms with Crippen LogP contribution >= 0.6 is 31.9 Å². The molecule has 0 amide bonds. The van der Waals surface area contributed by atoms with Gasteiger partial charge in [-0.05, 0) is 37.1 Å². The van der Waals surface area contributed by atoms with Gasteiger partial charge in [-0.15, -0.1) is 0 Å². The van der Waals surface area contributed by atoms with E-state index in [1.165, 1.54) is 16.8 Å². The van der Waals surface area contributed by atoms with Crippen molar-refractivity contribution in [3.8, 4) is 0 Å². The molecule has 2 aromatic carbocycles. The molecule has 0 atom stereocenters. The summed E-state index contributed by atoms with van der Waals surface area (Å²) in [6.07, 6.45) is 0. The van der Waals surface area contributed by atoms with Gasteiger partial charge in [-0.3, -0.25) is 0 Å². The SMILES string of the molecule is CC(C)N(Cc1ccccc1)c1ccc(CBr)c(Br)c1.